The van der Waals surface area contributed by atoms with Crippen LogP contribution in [0.1, 0.15) is 88.2 Å². The van der Waals surface area contributed by atoms with E-state index in [9.17, 15) is 4.79 Å². The average Bonchev–Trinajstić information content (AvgIpc) is 3.67. The average molecular weight is 950 g/mol. The van der Waals surface area contributed by atoms with Crippen LogP contribution in [-0.2, 0) is 61.6 Å². The maximum absolute atomic E-state index is 12.6. The number of benzene rings is 2. The summed E-state index contributed by atoms with van der Waals surface area (Å²) in [7, 11) is 1.72. The van der Waals surface area contributed by atoms with Crippen molar-refractivity contribution >= 4 is 6.09 Å². The molecule has 67 heavy (non-hydrogen) atoms. The maximum atomic E-state index is 12.6. The molecule has 1 aliphatic rings. The van der Waals surface area contributed by atoms with E-state index in [1.54, 1.807) is 7.05 Å². The SMILES string of the molecule is CCCCCCCCCCCCOCCOCCOCCOCCOCCOCCOCCOCCOCCOCCOCCOCCN(C)C(=O)OCC1c2ccccc2-c2ccccc21. The molecule has 0 bridgehead atoms. The quantitative estimate of drug-likeness (QED) is 0.0592. The number of amides is 1. The molecule has 2 aromatic carbocycles. The van der Waals surface area contributed by atoms with Gasteiger partial charge in [0.25, 0.3) is 0 Å². The van der Waals surface area contributed by atoms with Crippen LogP contribution >= 0.6 is 0 Å². The number of hydrogen-bond acceptors (Lipinski definition) is 14. The fraction of sp³-hybridized carbons (Fsp3) is 0.750. The molecule has 0 radical (unpaired) electrons. The van der Waals surface area contributed by atoms with Crippen molar-refractivity contribution < 1.29 is 66.4 Å². The van der Waals surface area contributed by atoms with Crippen molar-refractivity contribution in [1.82, 2.24) is 4.90 Å². The monoisotopic (exact) mass is 950 g/mol. The van der Waals surface area contributed by atoms with Gasteiger partial charge in [0.1, 0.15) is 6.61 Å². The van der Waals surface area contributed by atoms with Gasteiger partial charge in [-0.15, -0.1) is 0 Å². The van der Waals surface area contributed by atoms with Gasteiger partial charge < -0.3 is 66.5 Å². The second-order valence-electron chi connectivity index (χ2n) is 16.3. The Morgan fingerprint density at radius 2 is 0.672 bits per heavy atom. The zero-order valence-electron chi connectivity index (χ0n) is 41.3. The highest BCUT2D eigenvalue weighted by Crippen LogP contribution is 2.44. The molecule has 15 nitrogen and oxygen atoms in total. The van der Waals surface area contributed by atoms with Gasteiger partial charge in [-0.1, -0.05) is 113 Å². The van der Waals surface area contributed by atoms with Gasteiger partial charge in [-0.2, -0.15) is 0 Å². The summed E-state index contributed by atoms with van der Waals surface area (Å²) in [5.74, 6) is 0.0369. The lowest BCUT2D eigenvalue weighted by Crippen LogP contribution is -2.32. The molecule has 0 heterocycles. The van der Waals surface area contributed by atoms with Crippen LogP contribution < -0.4 is 0 Å². The second-order valence-corrected chi connectivity index (χ2v) is 16.3. The van der Waals surface area contributed by atoms with E-state index in [4.69, 9.17) is 61.6 Å². The highest BCUT2D eigenvalue weighted by atomic mass is 16.6. The largest absolute Gasteiger partial charge is 0.448 e. The molecule has 0 saturated heterocycles. The fourth-order valence-electron chi connectivity index (χ4n) is 7.21. The second kappa shape index (κ2) is 43.3. The van der Waals surface area contributed by atoms with Crippen LogP contribution in [0.3, 0.4) is 0 Å². The van der Waals surface area contributed by atoms with Crippen LogP contribution in [0.2, 0.25) is 0 Å². The van der Waals surface area contributed by atoms with Crippen molar-refractivity contribution in [1.29, 1.82) is 0 Å². The van der Waals surface area contributed by atoms with Crippen LogP contribution in [0, 0.1) is 0 Å². The Morgan fingerprint density at radius 3 is 1.01 bits per heavy atom. The molecule has 0 spiro atoms. The van der Waals surface area contributed by atoms with Crippen molar-refractivity contribution in [2.75, 3.05) is 179 Å². The third kappa shape index (κ3) is 30.5. The van der Waals surface area contributed by atoms with Crippen molar-refractivity contribution in [2.24, 2.45) is 0 Å². The molecule has 0 N–H and O–H groups in total. The van der Waals surface area contributed by atoms with Gasteiger partial charge in [-0.3, -0.25) is 0 Å². The van der Waals surface area contributed by atoms with Gasteiger partial charge in [0, 0.05) is 26.1 Å². The predicted molar refractivity (Wildman–Crippen MR) is 259 cm³/mol. The minimum absolute atomic E-state index is 0.0369. The van der Waals surface area contributed by atoms with E-state index in [0.717, 1.165) is 13.0 Å². The van der Waals surface area contributed by atoms with E-state index in [1.807, 2.05) is 24.3 Å². The van der Waals surface area contributed by atoms with E-state index < -0.39 is 0 Å². The van der Waals surface area contributed by atoms with E-state index in [2.05, 4.69) is 31.2 Å². The first-order valence-electron chi connectivity index (χ1n) is 25.2. The molecule has 1 amide bonds. The maximum Gasteiger partial charge on any atom is 0.409 e. The highest BCUT2D eigenvalue weighted by Gasteiger charge is 2.29. The minimum atomic E-state index is -0.364. The standard InChI is InChI=1S/C52H87NO14/c1-3-4-5-6-7-8-9-10-11-16-22-55-24-26-57-28-30-59-32-34-61-36-38-63-40-42-65-44-45-66-43-41-64-39-37-62-35-33-60-31-29-58-27-25-56-23-21-53(2)52(54)67-46-51-49-19-14-12-17-47(49)48-18-13-15-20-50(48)51/h12-15,17-20,51H,3-11,16,21-46H2,1-2H3. The van der Waals surface area contributed by atoms with Gasteiger partial charge >= 0.3 is 6.09 Å². The Labute approximate surface area is 402 Å². The van der Waals surface area contributed by atoms with E-state index in [0.29, 0.717) is 165 Å². The van der Waals surface area contributed by atoms with Crippen LogP contribution in [0.4, 0.5) is 4.79 Å². The smallest absolute Gasteiger partial charge is 0.409 e. The lowest BCUT2D eigenvalue weighted by atomic mass is 9.98. The number of rotatable bonds is 49. The van der Waals surface area contributed by atoms with Gasteiger partial charge in [0.05, 0.1) is 152 Å². The molecule has 0 atom stereocenters. The highest BCUT2D eigenvalue weighted by molar-refractivity contribution is 5.79. The topological polar surface area (TPSA) is 140 Å². The van der Waals surface area contributed by atoms with E-state index in [-0.39, 0.29) is 12.0 Å². The van der Waals surface area contributed by atoms with E-state index >= 15 is 0 Å². The summed E-state index contributed by atoms with van der Waals surface area (Å²) < 4.78 is 72.4. The number of carbonyl (C=O) groups excluding carboxylic acids is 1. The molecule has 0 unspecified atom stereocenters. The molecule has 0 aromatic heterocycles. The molecule has 0 saturated carbocycles. The van der Waals surface area contributed by atoms with Crippen molar-refractivity contribution in [3.05, 3.63) is 59.7 Å². The summed E-state index contributed by atoms with van der Waals surface area (Å²) >= 11 is 0. The van der Waals surface area contributed by atoms with Crippen LogP contribution in [0.15, 0.2) is 48.5 Å². The Hall–Kier alpha value is -2.77. The van der Waals surface area contributed by atoms with E-state index in [1.165, 1.54) is 84.9 Å². The molecule has 1 aliphatic carbocycles. The van der Waals surface area contributed by atoms with Gasteiger partial charge in [0.15, 0.2) is 0 Å². The summed E-state index contributed by atoms with van der Waals surface area (Å²) in [4.78, 5) is 14.2. The molecule has 15 heteroatoms. The predicted octanol–water partition coefficient (Wildman–Crippen LogP) is 7.99. The number of likely N-dealkylation sites (N-methyl/N-ethyl adjacent to an activating group) is 1. The van der Waals surface area contributed by atoms with Gasteiger partial charge in [0.2, 0.25) is 0 Å². The van der Waals surface area contributed by atoms with Crippen LogP contribution in [-0.4, -0.2) is 190 Å². The Bertz CT molecular complexity index is 1380. The van der Waals surface area contributed by atoms with Crippen LogP contribution in [0.5, 0.6) is 0 Å². The number of nitrogens with zero attached hydrogens (tertiary/aromatic N) is 1. The molecular formula is C52H87NO14. The number of fused-ring (bicyclic) bond motifs is 3. The summed E-state index contributed by atoms with van der Waals surface area (Å²) in [6.07, 6.45) is 13.0. The van der Waals surface area contributed by atoms with Crippen molar-refractivity contribution in [3.8, 4) is 11.1 Å². The van der Waals surface area contributed by atoms with Gasteiger partial charge in [-0.25, -0.2) is 4.79 Å². The molecule has 3 rings (SSSR count). The molecule has 384 valence electrons. The lowest BCUT2D eigenvalue weighted by molar-refractivity contribution is -0.0284. The first-order chi connectivity index (χ1) is 33.2. The summed E-state index contributed by atoms with van der Waals surface area (Å²) in [6, 6.07) is 16.6. The number of unbranched alkanes of at least 4 members (excludes halogenated alkanes) is 9. The Balaban J connectivity index is 0.912. The van der Waals surface area contributed by atoms with Gasteiger partial charge in [-0.05, 0) is 28.7 Å². The van der Waals surface area contributed by atoms with Crippen molar-refractivity contribution in [3.63, 3.8) is 0 Å². The normalized spacial score (nSPS) is 12.2. The first-order valence-corrected chi connectivity index (χ1v) is 25.2. The minimum Gasteiger partial charge on any atom is -0.448 e. The summed E-state index contributed by atoms with van der Waals surface area (Å²) in [5, 5.41) is 0. The zero-order valence-corrected chi connectivity index (χ0v) is 41.3. The third-order valence-corrected chi connectivity index (χ3v) is 11.0. The fourth-order valence-corrected chi connectivity index (χ4v) is 7.21. The molecule has 2 aromatic rings. The Kier molecular flexibility index (Phi) is 37.8. The number of hydrogen-bond donors (Lipinski definition) is 0. The third-order valence-electron chi connectivity index (χ3n) is 11.0. The lowest BCUT2D eigenvalue weighted by Gasteiger charge is -2.19. The first kappa shape index (κ1) is 58.5. The zero-order chi connectivity index (χ0) is 47.3. The number of carbonyl (C=O) groups is 1. The van der Waals surface area contributed by atoms with Crippen molar-refractivity contribution in [2.45, 2.75) is 77.0 Å². The Morgan fingerprint density at radius 1 is 0.388 bits per heavy atom. The van der Waals surface area contributed by atoms with Crippen LogP contribution in [0.25, 0.3) is 11.1 Å². The summed E-state index contributed by atoms with van der Waals surface area (Å²) in [6.45, 7) is 15.4. The number of ether oxygens (including phenoxy) is 13. The molecular weight excluding hydrogens is 863 g/mol. The molecule has 0 aliphatic heterocycles. The summed E-state index contributed by atoms with van der Waals surface area (Å²) in [5.41, 5.74) is 4.80. The molecule has 0 fully saturated rings.